The molecule has 0 amide bonds. The molecule has 3 rings (SSSR count). The first-order valence-corrected chi connectivity index (χ1v) is 8.03. The number of aromatic amines is 1. The molecule has 1 aliphatic rings. The number of rotatable bonds is 3. The van der Waals surface area contributed by atoms with E-state index in [1.165, 1.54) is 5.00 Å². The van der Waals surface area contributed by atoms with Crippen molar-refractivity contribution in [2.75, 3.05) is 31.2 Å². The summed E-state index contributed by atoms with van der Waals surface area (Å²) in [5.41, 5.74) is 0.0101. The lowest BCUT2D eigenvalue weighted by Crippen LogP contribution is -2.35. The van der Waals surface area contributed by atoms with Gasteiger partial charge in [0.15, 0.2) is 0 Å². The maximum atomic E-state index is 11.9. The molecule has 0 aromatic carbocycles. The number of anilines is 1. The van der Waals surface area contributed by atoms with Crippen molar-refractivity contribution in [1.29, 1.82) is 0 Å². The predicted molar refractivity (Wildman–Crippen MR) is 88.8 cm³/mol. The number of hydrogen-bond acceptors (Lipinski definition) is 7. The number of hydrogen-bond donors (Lipinski definition) is 1. The van der Waals surface area contributed by atoms with Crippen LogP contribution in [0.2, 0.25) is 0 Å². The fourth-order valence-electron chi connectivity index (χ4n) is 2.06. The smallest absolute Gasteiger partial charge is 0.296 e. The lowest BCUT2D eigenvalue weighted by molar-refractivity contribution is 0.123. The topological polar surface area (TPSA) is 75.5 Å². The number of nitrogens with one attached hydrogen (secondary N) is 1. The molecule has 0 spiro atoms. The van der Waals surface area contributed by atoms with Gasteiger partial charge in [0, 0.05) is 18.0 Å². The summed E-state index contributed by atoms with van der Waals surface area (Å²) in [4.78, 5) is 15.2. The molecule has 0 unspecified atom stereocenters. The number of nitrogens with zero attached hydrogens (tertiary/aromatic N) is 4. The fourth-order valence-corrected chi connectivity index (χ4v) is 3.16. The minimum atomic E-state index is -0.315. The van der Waals surface area contributed by atoms with Gasteiger partial charge in [0.05, 0.1) is 24.4 Å². The summed E-state index contributed by atoms with van der Waals surface area (Å²) in [7, 11) is 0. The summed E-state index contributed by atoms with van der Waals surface area (Å²) >= 11 is 6.66. The highest BCUT2D eigenvalue weighted by atomic mass is 32.1. The Bertz CT molecular complexity index is 801. The van der Waals surface area contributed by atoms with E-state index < -0.39 is 0 Å². The minimum absolute atomic E-state index is 0.178. The van der Waals surface area contributed by atoms with Crippen LogP contribution in [0.25, 0.3) is 0 Å². The monoisotopic (exact) mass is 337 g/mol. The molecule has 0 saturated carbocycles. The first-order valence-electron chi connectivity index (χ1n) is 6.80. The highest BCUT2D eigenvalue weighted by Crippen LogP contribution is 2.25. The normalized spacial score (nSPS) is 15.6. The third-order valence-corrected chi connectivity index (χ3v) is 4.59. The fraction of sp³-hybridized carbons (Fsp3) is 0.385. The molecule has 1 N–H and O–H groups in total. The molecule has 1 aliphatic heterocycles. The summed E-state index contributed by atoms with van der Waals surface area (Å²) in [6, 6.07) is 4.03. The largest absolute Gasteiger partial charge is 0.378 e. The summed E-state index contributed by atoms with van der Waals surface area (Å²) in [6.45, 7) is 4.91. The van der Waals surface area contributed by atoms with Crippen LogP contribution < -0.4 is 10.5 Å². The van der Waals surface area contributed by atoms with Crippen molar-refractivity contribution in [3.8, 4) is 0 Å². The Labute approximate surface area is 135 Å². The van der Waals surface area contributed by atoms with Crippen molar-refractivity contribution in [3.63, 3.8) is 0 Å². The average Bonchev–Trinajstić information content (AvgIpc) is 3.01. The van der Waals surface area contributed by atoms with Gasteiger partial charge in [0.1, 0.15) is 5.69 Å². The predicted octanol–water partition coefficient (Wildman–Crippen LogP) is 1.39. The standard InChI is InChI=1S/C13H15N5O2S2/c1-9-12(19)18(13(21)16-15-9)14-8-10-2-3-11(22-10)17-4-6-20-7-5-17/h2-3,8H,4-7H2,1H3,(H,16,21)/b14-8-. The van der Waals surface area contributed by atoms with E-state index >= 15 is 0 Å². The van der Waals surface area contributed by atoms with Gasteiger partial charge in [0.25, 0.3) is 5.56 Å². The van der Waals surface area contributed by atoms with E-state index in [1.807, 2.05) is 6.07 Å². The van der Waals surface area contributed by atoms with Crippen LogP contribution in [0.15, 0.2) is 22.0 Å². The van der Waals surface area contributed by atoms with Crippen molar-refractivity contribution in [3.05, 3.63) is 37.8 Å². The molecule has 0 atom stereocenters. The summed E-state index contributed by atoms with van der Waals surface area (Å²) in [5, 5.41) is 11.7. The molecule has 2 aromatic rings. The number of aryl methyl sites for hydroxylation is 1. The Morgan fingerprint density at radius 2 is 2.23 bits per heavy atom. The van der Waals surface area contributed by atoms with Crippen molar-refractivity contribution in [2.45, 2.75) is 6.92 Å². The molecule has 3 heterocycles. The molecule has 0 aliphatic carbocycles. The van der Waals surface area contributed by atoms with Crippen molar-refractivity contribution < 1.29 is 4.74 Å². The summed E-state index contributed by atoms with van der Waals surface area (Å²) in [5.74, 6) is 0. The van der Waals surface area contributed by atoms with E-state index in [-0.39, 0.29) is 10.3 Å². The van der Waals surface area contributed by atoms with Gasteiger partial charge in [-0.15, -0.1) is 11.3 Å². The summed E-state index contributed by atoms with van der Waals surface area (Å²) < 4.78 is 6.67. The molecular formula is C13H15N5O2S2. The Balaban J connectivity index is 1.82. The molecule has 1 saturated heterocycles. The Hall–Kier alpha value is -1.84. The van der Waals surface area contributed by atoms with E-state index in [0.717, 1.165) is 35.9 Å². The van der Waals surface area contributed by atoms with Crippen molar-refractivity contribution in [1.82, 2.24) is 14.9 Å². The maximum Gasteiger partial charge on any atom is 0.296 e. The molecule has 0 radical (unpaired) electrons. The minimum Gasteiger partial charge on any atom is -0.378 e. The van der Waals surface area contributed by atoms with Crippen LogP contribution in [-0.4, -0.2) is 47.4 Å². The lowest BCUT2D eigenvalue weighted by Gasteiger charge is -2.27. The highest BCUT2D eigenvalue weighted by Gasteiger charge is 2.12. The number of thiophene rings is 1. The SMILES string of the molecule is Cc1n[nH]c(=S)n(/N=C\c2ccc(N3CCOCC3)s2)c1=O. The van der Waals surface area contributed by atoms with E-state index in [2.05, 4.69) is 26.3 Å². The van der Waals surface area contributed by atoms with Crippen LogP contribution in [0.5, 0.6) is 0 Å². The van der Waals surface area contributed by atoms with Gasteiger partial charge in [0.2, 0.25) is 4.77 Å². The molecule has 7 nitrogen and oxygen atoms in total. The first kappa shape index (κ1) is 15.1. The van der Waals surface area contributed by atoms with Crippen LogP contribution in [0.1, 0.15) is 10.6 Å². The Morgan fingerprint density at radius 3 is 3.00 bits per heavy atom. The van der Waals surface area contributed by atoms with Gasteiger partial charge in [-0.25, -0.2) is 0 Å². The Kier molecular flexibility index (Phi) is 4.46. The van der Waals surface area contributed by atoms with E-state index in [1.54, 1.807) is 24.5 Å². The van der Waals surface area contributed by atoms with Gasteiger partial charge in [-0.2, -0.15) is 14.9 Å². The lowest BCUT2D eigenvalue weighted by atomic mass is 10.4. The second-order valence-corrected chi connectivity index (χ2v) is 6.23. The van der Waals surface area contributed by atoms with Crippen LogP contribution >= 0.6 is 23.6 Å². The zero-order valence-electron chi connectivity index (χ0n) is 12.0. The summed E-state index contributed by atoms with van der Waals surface area (Å²) in [6.07, 6.45) is 1.64. The average molecular weight is 337 g/mol. The van der Waals surface area contributed by atoms with E-state index in [4.69, 9.17) is 17.0 Å². The molecule has 9 heteroatoms. The molecule has 22 heavy (non-hydrogen) atoms. The zero-order chi connectivity index (χ0) is 15.5. The van der Waals surface area contributed by atoms with Crippen LogP contribution in [-0.2, 0) is 4.74 Å². The molecule has 116 valence electrons. The first-order chi connectivity index (χ1) is 10.6. The molecule has 0 bridgehead atoms. The van der Waals surface area contributed by atoms with Gasteiger partial charge in [-0.3, -0.25) is 9.89 Å². The van der Waals surface area contributed by atoms with Crippen molar-refractivity contribution in [2.24, 2.45) is 5.10 Å². The Morgan fingerprint density at radius 1 is 1.45 bits per heavy atom. The van der Waals surface area contributed by atoms with Crippen LogP contribution in [0.4, 0.5) is 5.00 Å². The zero-order valence-corrected chi connectivity index (χ0v) is 13.6. The van der Waals surface area contributed by atoms with Gasteiger partial charge in [-0.1, -0.05) is 0 Å². The quantitative estimate of drug-likeness (QED) is 0.677. The second-order valence-electron chi connectivity index (χ2n) is 4.75. The van der Waals surface area contributed by atoms with Crippen LogP contribution in [0.3, 0.4) is 0 Å². The van der Waals surface area contributed by atoms with Gasteiger partial charge >= 0.3 is 0 Å². The number of morpholine rings is 1. The van der Waals surface area contributed by atoms with Crippen LogP contribution in [0, 0.1) is 11.7 Å². The van der Waals surface area contributed by atoms with E-state index in [0.29, 0.717) is 5.69 Å². The second kappa shape index (κ2) is 6.51. The van der Waals surface area contributed by atoms with E-state index in [9.17, 15) is 4.79 Å². The number of H-pyrrole nitrogens is 1. The van der Waals surface area contributed by atoms with Gasteiger partial charge < -0.3 is 9.64 Å². The maximum absolute atomic E-state index is 11.9. The number of aromatic nitrogens is 3. The highest BCUT2D eigenvalue weighted by molar-refractivity contribution is 7.71. The van der Waals surface area contributed by atoms with Gasteiger partial charge in [-0.05, 0) is 31.3 Å². The third-order valence-electron chi connectivity index (χ3n) is 3.25. The molecule has 2 aromatic heterocycles. The third kappa shape index (κ3) is 3.16. The number of ether oxygens (including phenoxy) is 1. The molecule has 1 fully saturated rings. The van der Waals surface area contributed by atoms with Crippen molar-refractivity contribution >= 4 is 34.8 Å². The molecular weight excluding hydrogens is 322 g/mol.